The highest BCUT2D eigenvalue weighted by atomic mass is 35.5. The fourth-order valence-corrected chi connectivity index (χ4v) is 3.60. The Hall–Kier alpha value is -3.33. The number of nitro benzene ring substituents is 1. The fourth-order valence-electron chi connectivity index (χ4n) is 2.87. The molecule has 0 atom stereocenters. The van der Waals surface area contributed by atoms with Gasteiger partial charge in [-0.1, -0.05) is 46.9 Å². The van der Waals surface area contributed by atoms with E-state index in [4.69, 9.17) is 39.5 Å². The van der Waals surface area contributed by atoms with Crippen LogP contribution in [0.2, 0.25) is 15.1 Å². The van der Waals surface area contributed by atoms with Crippen molar-refractivity contribution in [3.05, 3.63) is 90.4 Å². The molecule has 0 aliphatic heterocycles. The van der Waals surface area contributed by atoms with Crippen molar-refractivity contribution in [1.82, 2.24) is 5.32 Å². The molecular formula is C22H16Cl3N3O5. The smallest absolute Gasteiger partial charge is 0.326 e. The summed E-state index contributed by atoms with van der Waals surface area (Å²) in [5.74, 6) is -0.218. The number of imide groups is 1. The molecule has 0 fully saturated rings. The summed E-state index contributed by atoms with van der Waals surface area (Å²) in [7, 11) is 0. The molecule has 11 heteroatoms. The van der Waals surface area contributed by atoms with Crippen LogP contribution >= 0.6 is 34.8 Å². The number of non-ortho nitro benzene ring substituents is 1. The van der Waals surface area contributed by atoms with Gasteiger partial charge in [0.2, 0.25) is 0 Å². The predicted molar refractivity (Wildman–Crippen MR) is 127 cm³/mol. The lowest BCUT2D eigenvalue weighted by atomic mass is 10.1. The van der Waals surface area contributed by atoms with E-state index in [1.165, 1.54) is 30.3 Å². The highest BCUT2D eigenvalue weighted by Gasteiger charge is 2.19. The minimum Gasteiger partial charge on any atom is -0.454 e. The van der Waals surface area contributed by atoms with Crippen LogP contribution in [0.4, 0.5) is 16.2 Å². The first-order valence-electron chi connectivity index (χ1n) is 9.36. The van der Waals surface area contributed by atoms with Gasteiger partial charge in [0.25, 0.3) is 11.6 Å². The summed E-state index contributed by atoms with van der Waals surface area (Å²) in [6.45, 7) is 3.34. The maximum absolute atomic E-state index is 12.4. The number of benzene rings is 3. The summed E-state index contributed by atoms with van der Waals surface area (Å²) < 4.78 is 5.80. The summed E-state index contributed by atoms with van der Waals surface area (Å²) in [5.41, 5.74) is 1.35. The van der Waals surface area contributed by atoms with Gasteiger partial charge in [-0.3, -0.25) is 20.2 Å². The van der Waals surface area contributed by atoms with Crippen LogP contribution in [0.15, 0.2) is 48.5 Å². The van der Waals surface area contributed by atoms with E-state index in [0.717, 1.165) is 0 Å². The van der Waals surface area contributed by atoms with E-state index in [2.05, 4.69) is 10.6 Å². The Morgan fingerprint density at radius 3 is 2.33 bits per heavy atom. The SMILES string of the molecule is Cc1cc(NC(=O)NC(=O)c2ccccc2Cl)c(C)c(Cl)c1Oc1ccc([N+](=O)[O-])cc1Cl. The topological polar surface area (TPSA) is 111 Å². The van der Waals surface area contributed by atoms with Crippen LogP contribution in [0.1, 0.15) is 21.5 Å². The largest absolute Gasteiger partial charge is 0.454 e. The summed E-state index contributed by atoms with van der Waals surface area (Å²) in [6.07, 6.45) is 0. The third-order valence-corrected chi connectivity index (χ3v) is 5.66. The van der Waals surface area contributed by atoms with E-state index in [-0.39, 0.29) is 37.8 Å². The van der Waals surface area contributed by atoms with Gasteiger partial charge in [-0.05, 0) is 49.2 Å². The molecule has 0 saturated carbocycles. The lowest BCUT2D eigenvalue weighted by molar-refractivity contribution is -0.384. The van der Waals surface area contributed by atoms with Gasteiger partial charge < -0.3 is 10.1 Å². The standard InChI is InChI=1S/C22H16Cl3N3O5/c1-11-9-17(26-22(30)27-21(29)14-5-3-4-6-15(14)23)12(2)19(25)20(11)33-18-8-7-13(28(31)32)10-16(18)24/h3-10H,1-2H3,(H2,26,27,29,30). The van der Waals surface area contributed by atoms with Crippen LogP contribution in [0, 0.1) is 24.0 Å². The highest BCUT2D eigenvalue weighted by molar-refractivity contribution is 6.35. The number of hydrogen-bond acceptors (Lipinski definition) is 5. The van der Waals surface area contributed by atoms with E-state index in [9.17, 15) is 19.7 Å². The van der Waals surface area contributed by atoms with Crippen LogP contribution in [0.25, 0.3) is 0 Å². The molecule has 33 heavy (non-hydrogen) atoms. The van der Waals surface area contributed by atoms with Gasteiger partial charge in [0.15, 0.2) is 0 Å². The number of hydrogen-bond donors (Lipinski definition) is 2. The maximum atomic E-state index is 12.4. The van der Waals surface area contributed by atoms with E-state index < -0.39 is 16.9 Å². The van der Waals surface area contributed by atoms with Crippen LogP contribution in [-0.4, -0.2) is 16.9 Å². The Balaban J connectivity index is 1.79. The summed E-state index contributed by atoms with van der Waals surface area (Å²) >= 11 is 18.5. The van der Waals surface area contributed by atoms with E-state index in [1.54, 1.807) is 32.0 Å². The molecular weight excluding hydrogens is 493 g/mol. The van der Waals surface area contributed by atoms with E-state index >= 15 is 0 Å². The monoisotopic (exact) mass is 507 g/mol. The van der Waals surface area contributed by atoms with Crippen LogP contribution in [0.5, 0.6) is 11.5 Å². The lowest BCUT2D eigenvalue weighted by Crippen LogP contribution is -2.34. The molecule has 0 bridgehead atoms. The van der Waals surface area contributed by atoms with Gasteiger partial charge in [0.1, 0.15) is 11.5 Å². The number of carbonyl (C=O) groups excluding carboxylic acids is 2. The van der Waals surface area contributed by atoms with Gasteiger partial charge in [-0.25, -0.2) is 4.79 Å². The van der Waals surface area contributed by atoms with Crippen molar-refractivity contribution in [3.63, 3.8) is 0 Å². The number of nitrogens with zero attached hydrogens (tertiary/aromatic N) is 1. The second-order valence-electron chi connectivity index (χ2n) is 6.87. The third kappa shape index (κ3) is 5.54. The van der Waals surface area contributed by atoms with Crippen molar-refractivity contribution in [2.75, 3.05) is 5.32 Å². The molecule has 0 heterocycles. The maximum Gasteiger partial charge on any atom is 0.326 e. The Bertz CT molecular complexity index is 1280. The molecule has 3 rings (SSSR count). The molecule has 0 aliphatic carbocycles. The first kappa shape index (κ1) is 24.3. The number of carbonyl (C=O) groups is 2. The van der Waals surface area contributed by atoms with Gasteiger partial charge in [0, 0.05) is 17.8 Å². The molecule has 0 spiro atoms. The van der Waals surface area contributed by atoms with Gasteiger partial charge in [0.05, 0.1) is 25.6 Å². The molecule has 3 amide bonds. The fraction of sp³-hybridized carbons (Fsp3) is 0.0909. The molecule has 2 N–H and O–H groups in total. The molecule has 3 aromatic carbocycles. The Labute approximate surface area is 203 Å². The van der Waals surface area contributed by atoms with Crippen LogP contribution < -0.4 is 15.4 Å². The average Bonchev–Trinajstić information content (AvgIpc) is 2.75. The first-order valence-corrected chi connectivity index (χ1v) is 10.5. The first-order chi connectivity index (χ1) is 15.6. The summed E-state index contributed by atoms with van der Waals surface area (Å²) in [4.78, 5) is 35.0. The Morgan fingerprint density at radius 1 is 1.00 bits per heavy atom. The van der Waals surface area contributed by atoms with E-state index in [1.807, 2.05) is 0 Å². The second-order valence-corrected chi connectivity index (χ2v) is 8.06. The zero-order valence-electron chi connectivity index (χ0n) is 17.2. The number of nitro groups is 1. The average molecular weight is 509 g/mol. The minimum atomic E-state index is -0.773. The zero-order chi connectivity index (χ0) is 24.3. The van der Waals surface area contributed by atoms with Gasteiger partial charge >= 0.3 is 6.03 Å². The zero-order valence-corrected chi connectivity index (χ0v) is 19.5. The summed E-state index contributed by atoms with van der Waals surface area (Å²) in [5, 5.41) is 16.1. The Kier molecular flexibility index (Phi) is 7.43. The minimum absolute atomic E-state index is 0.0389. The number of ether oxygens (including phenoxy) is 1. The molecule has 3 aromatic rings. The van der Waals surface area contributed by atoms with Crippen molar-refractivity contribution >= 4 is 58.1 Å². The Morgan fingerprint density at radius 2 is 1.70 bits per heavy atom. The van der Waals surface area contributed by atoms with Crippen molar-refractivity contribution in [1.29, 1.82) is 0 Å². The number of rotatable bonds is 5. The van der Waals surface area contributed by atoms with Crippen LogP contribution in [0.3, 0.4) is 0 Å². The van der Waals surface area contributed by atoms with Crippen molar-refractivity contribution in [3.8, 4) is 11.5 Å². The molecule has 0 unspecified atom stereocenters. The number of urea groups is 1. The van der Waals surface area contributed by atoms with Gasteiger partial charge in [-0.15, -0.1) is 0 Å². The number of amides is 3. The lowest BCUT2D eigenvalue weighted by Gasteiger charge is -2.17. The number of halogens is 3. The molecule has 0 aromatic heterocycles. The third-order valence-electron chi connectivity index (χ3n) is 4.58. The summed E-state index contributed by atoms with van der Waals surface area (Å²) in [6, 6.07) is 11.0. The molecule has 0 saturated heterocycles. The highest BCUT2D eigenvalue weighted by Crippen LogP contribution is 2.41. The number of nitrogens with one attached hydrogen (secondary N) is 2. The van der Waals surface area contributed by atoms with Crippen molar-refractivity contribution < 1.29 is 19.2 Å². The molecule has 0 aliphatic rings. The molecule has 8 nitrogen and oxygen atoms in total. The normalized spacial score (nSPS) is 10.5. The quantitative estimate of drug-likeness (QED) is 0.287. The van der Waals surface area contributed by atoms with Crippen molar-refractivity contribution in [2.45, 2.75) is 13.8 Å². The number of anilines is 1. The van der Waals surface area contributed by atoms with Gasteiger partial charge in [-0.2, -0.15) is 0 Å². The predicted octanol–water partition coefficient (Wildman–Crippen LogP) is 6.93. The van der Waals surface area contributed by atoms with E-state index in [0.29, 0.717) is 16.8 Å². The number of aryl methyl sites for hydroxylation is 1. The molecule has 170 valence electrons. The molecule has 0 radical (unpaired) electrons. The second kappa shape index (κ2) is 10.1. The van der Waals surface area contributed by atoms with Crippen molar-refractivity contribution in [2.24, 2.45) is 0 Å². The van der Waals surface area contributed by atoms with Crippen LogP contribution in [-0.2, 0) is 0 Å².